The number of hydrogen-bond acceptors (Lipinski definition) is 4. The van der Waals surface area contributed by atoms with Crippen LogP contribution in [0.2, 0.25) is 0 Å². The van der Waals surface area contributed by atoms with E-state index in [4.69, 9.17) is 9.72 Å². The molecule has 4 rings (SSSR count). The molecule has 3 aromatic rings. The van der Waals surface area contributed by atoms with Crippen molar-refractivity contribution in [3.63, 3.8) is 0 Å². The van der Waals surface area contributed by atoms with Crippen LogP contribution < -0.4 is 10.2 Å². The molecule has 0 radical (unpaired) electrons. The van der Waals surface area contributed by atoms with Crippen LogP contribution in [0.1, 0.15) is 23.2 Å². The number of amides is 1. The summed E-state index contributed by atoms with van der Waals surface area (Å²) in [5, 5.41) is 3.07. The van der Waals surface area contributed by atoms with Crippen molar-refractivity contribution in [2.75, 3.05) is 31.7 Å². The molecule has 2 heterocycles. The van der Waals surface area contributed by atoms with Crippen LogP contribution in [-0.2, 0) is 11.3 Å². The van der Waals surface area contributed by atoms with Crippen LogP contribution in [-0.4, -0.2) is 48.3 Å². The summed E-state index contributed by atoms with van der Waals surface area (Å²) >= 11 is 0. The molecular formula is C22H25FN4O2. The summed E-state index contributed by atoms with van der Waals surface area (Å²) in [6, 6.07) is 13.9. The monoisotopic (exact) mass is 396 g/mol. The van der Waals surface area contributed by atoms with E-state index < -0.39 is 0 Å². The highest BCUT2D eigenvalue weighted by Gasteiger charge is 2.25. The van der Waals surface area contributed by atoms with E-state index in [1.165, 1.54) is 24.3 Å². The zero-order chi connectivity index (χ0) is 20.2. The van der Waals surface area contributed by atoms with Gasteiger partial charge in [-0.15, -0.1) is 0 Å². The highest BCUT2D eigenvalue weighted by atomic mass is 19.1. The highest BCUT2D eigenvalue weighted by Crippen LogP contribution is 2.25. The summed E-state index contributed by atoms with van der Waals surface area (Å²) in [6.45, 7) is 2.99. The van der Waals surface area contributed by atoms with Gasteiger partial charge in [-0.2, -0.15) is 0 Å². The molecule has 1 fully saturated rings. The first-order valence-corrected chi connectivity index (χ1v) is 9.91. The van der Waals surface area contributed by atoms with Gasteiger partial charge in [0, 0.05) is 38.3 Å². The number of aromatic nitrogens is 2. The van der Waals surface area contributed by atoms with Crippen LogP contribution in [0.4, 0.5) is 10.3 Å². The van der Waals surface area contributed by atoms with Crippen molar-refractivity contribution >= 4 is 22.9 Å². The van der Waals surface area contributed by atoms with Crippen LogP contribution >= 0.6 is 0 Å². The van der Waals surface area contributed by atoms with Gasteiger partial charge in [0.2, 0.25) is 5.95 Å². The molecule has 6 nitrogen and oxygen atoms in total. The number of fused-ring (bicyclic) bond motifs is 1. The number of anilines is 1. The topological polar surface area (TPSA) is 59.4 Å². The molecule has 0 spiro atoms. The summed E-state index contributed by atoms with van der Waals surface area (Å²) in [5.41, 5.74) is 2.56. The molecule has 29 heavy (non-hydrogen) atoms. The number of ether oxygens (including phenoxy) is 1. The summed E-state index contributed by atoms with van der Waals surface area (Å²) in [7, 11) is 1.70. The number of rotatable bonds is 6. The van der Waals surface area contributed by atoms with Gasteiger partial charge in [-0.05, 0) is 49.2 Å². The largest absolute Gasteiger partial charge is 0.383 e. The Hall–Kier alpha value is -2.93. The Labute approximate surface area is 169 Å². The van der Waals surface area contributed by atoms with Crippen molar-refractivity contribution < 1.29 is 13.9 Å². The number of carbonyl (C=O) groups excluding carboxylic acids is 1. The van der Waals surface area contributed by atoms with E-state index in [0.29, 0.717) is 12.2 Å². The second-order valence-electron chi connectivity index (χ2n) is 7.29. The Morgan fingerprint density at radius 2 is 1.90 bits per heavy atom. The molecule has 0 aliphatic carbocycles. The van der Waals surface area contributed by atoms with Gasteiger partial charge in [-0.3, -0.25) is 4.79 Å². The highest BCUT2D eigenvalue weighted by molar-refractivity contribution is 5.94. The normalized spacial score (nSPS) is 15.0. The molecule has 1 aliphatic rings. The van der Waals surface area contributed by atoms with Gasteiger partial charge in [0.15, 0.2) is 0 Å². The molecule has 0 bridgehead atoms. The summed E-state index contributed by atoms with van der Waals surface area (Å²) in [5.74, 6) is 0.452. The van der Waals surface area contributed by atoms with E-state index >= 15 is 0 Å². The maximum absolute atomic E-state index is 13.0. The lowest BCUT2D eigenvalue weighted by molar-refractivity contribution is 0.0931. The minimum absolute atomic E-state index is 0.0978. The van der Waals surface area contributed by atoms with Crippen molar-refractivity contribution in [3.8, 4) is 0 Å². The number of halogens is 1. The van der Waals surface area contributed by atoms with E-state index in [-0.39, 0.29) is 17.8 Å². The number of para-hydroxylation sites is 2. The maximum Gasteiger partial charge on any atom is 0.251 e. The lowest BCUT2D eigenvalue weighted by atomic mass is 10.0. The quantitative estimate of drug-likeness (QED) is 0.695. The summed E-state index contributed by atoms with van der Waals surface area (Å²) in [6.07, 6.45) is 1.67. The molecule has 152 valence electrons. The van der Waals surface area contributed by atoms with Crippen LogP contribution in [0.15, 0.2) is 48.5 Å². The van der Waals surface area contributed by atoms with Crippen molar-refractivity contribution in [1.82, 2.24) is 14.9 Å². The molecule has 0 atom stereocenters. The van der Waals surface area contributed by atoms with Crippen LogP contribution in [0, 0.1) is 5.82 Å². The Morgan fingerprint density at radius 1 is 1.17 bits per heavy atom. The van der Waals surface area contributed by atoms with Gasteiger partial charge in [0.05, 0.1) is 17.6 Å². The van der Waals surface area contributed by atoms with Gasteiger partial charge in [-0.1, -0.05) is 12.1 Å². The van der Waals surface area contributed by atoms with E-state index in [1.807, 2.05) is 18.2 Å². The maximum atomic E-state index is 13.0. The first kappa shape index (κ1) is 19.4. The SMILES string of the molecule is COCCn1c(N2CCC(NC(=O)c3ccc(F)cc3)CC2)nc2ccccc21. The molecule has 1 amide bonds. The summed E-state index contributed by atoms with van der Waals surface area (Å²) in [4.78, 5) is 19.5. The third-order valence-electron chi connectivity index (χ3n) is 5.37. The predicted octanol–water partition coefficient (Wildman–Crippen LogP) is 3.22. The number of benzene rings is 2. The lowest BCUT2D eigenvalue weighted by Gasteiger charge is -2.33. The van der Waals surface area contributed by atoms with Crippen molar-refractivity contribution in [3.05, 3.63) is 59.9 Å². The average molecular weight is 396 g/mol. The fourth-order valence-electron chi connectivity index (χ4n) is 3.80. The van der Waals surface area contributed by atoms with Crippen molar-refractivity contribution in [2.45, 2.75) is 25.4 Å². The number of piperidine rings is 1. The van der Waals surface area contributed by atoms with E-state index in [1.54, 1.807) is 7.11 Å². The molecule has 1 aromatic heterocycles. The average Bonchev–Trinajstić information content (AvgIpc) is 3.11. The lowest BCUT2D eigenvalue weighted by Crippen LogP contribution is -2.45. The van der Waals surface area contributed by atoms with Crippen molar-refractivity contribution in [1.29, 1.82) is 0 Å². The van der Waals surface area contributed by atoms with E-state index in [9.17, 15) is 9.18 Å². The predicted molar refractivity (Wildman–Crippen MR) is 111 cm³/mol. The Kier molecular flexibility index (Phi) is 5.76. The minimum atomic E-state index is -0.341. The van der Waals surface area contributed by atoms with Crippen LogP contribution in [0.3, 0.4) is 0 Å². The van der Waals surface area contributed by atoms with E-state index in [0.717, 1.165) is 49.5 Å². The van der Waals surface area contributed by atoms with Gasteiger partial charge in [0.1, 0.15) is 5.82 Å². The number of methoxy groups -OCH3 is 1. The van der Waals surface area contributed by atoms with Crippen molar-refractivity contribution in [2.24, 2.45) is 0 Å². The Morgan fingerprint density at radius 3 is 2.62 bits per heavy atom. The minimum Gasteiger partial charge on any atom is -0.383 e. The molecule has 0 unspecified atom stereocenters. The third kappa shape index (κ3) is 4.24. The first-order valence-electron chi connectivity index (χ1n) is 9.91. The molecule has 2 aromatic carbocycles. The number of nitrogens with zero attached hydrogens (tertiary/aromatic N) is 3. The molecule has 0 saturated carbocycles. The molecule has 7 heteroatoms. The summed E-state index contributed by atoms with van der Waals surface area (Å²) < 4.78 is 20.5. The number of imidazole rings is 1. The zero-order valence-electron chi connectivity index (χ0n) is 16.5. The zero-order valence-corrected chi connectivity index (χ0v) is 16.5. The van der Waals surface area contributed by atoms with Gasteiger partial charge in [0.25, 0.3) is 5.91 Å². The number of carbonyl (C=O) groups is 1. The fraction of sp³-hybridized carbons (Fsp3) is 0.364. The Bertz CT molecular complexity index is 978. The smallest absolute Gasteiger partial charge is 0.251 e. The second kappa shape index (κ2) is 8.61. The fourth-order valence-corrected chi connectivity index (χ4v) is 3.80. The van der Waals surface area contributed by atoms with E-state index in [2.05, 4.69) is 20.9 Å². The van der Waals surface area contributed by atoms with Gasteiger partial charge >= 0.3 is 0 Å². The van der Waals surface area contributed by atoms with Crippen LogP contribution in [0.5, 0.6) is 0 Å². The second-order valence-corrected chi connectivity index (χ2v) is 7.29. The van der Waals surface area contributed by atoms with Gasteiger partial charge in [-0.25, -0.2) is 9.37 Å². The molecule has 1 aliphatic heterocycles. The number of hydrogen-bond donors (Lipinski definition) is 1. The Balaban J connectivity index is 1.43. The molecular weight excluding hydrogens is 371 g/mol. The molecule has 1 N–H and O–H groups in total. The number of nitrogens with one attached hydrogen (secondary N) is 1. The third-order valence-corrected chi connectivity index (χ3v) is 5.37. The van der Waals surface area contributed by atoms with Crippen LogP contribution in [0.25, 0.3) is 11.0 Å². The van der Waals surface area contributed by atoms with Gasteiger partial charge < -0.3 is 19.5 Å². The molecule has 1 saturated heterocycles. The standard InChI is InChI=1S/C22H25FN4O2/c1-29-15-14-27-20-5-3-2-4-19(20)25-22(27)26-12-10-18(11-13-26)24-21(28)16-6-8-17(23)9-7-16/h2-9,18H,10-15H2,1H3,(H,24,28). The first-order chi connectivity index (χ1) is 14.2.